The molecule has 0 aliphatic rings. The lowest BCUT2D eigenvalue weighted by Crippen LogP contribution is -2.24. The molecule has 18 heavy (non-hydrogen) atoms. The maximum atomic E-state index is 5.29. The number of unbranched alkanes of at least 4 members (excludes halogenated alkanes) is 1. The summed E-state index contributed by atoms with van der Waals surface area (Å²) in [6.45, 7) is 7.73. The average molecular weight is 284 g/mol. The van der Waals surface area contributed by atoms with Crippen LogP contribution in [0.2, 0.25) is 0 Å². The first-order valence-corrected chi connectivity index (χ1v) is 7.50. The fraction of sp³-hybridized carbons (Fsp3) is 0.714. The van der Waals surface area contributed by atoms with Crippen molar-refractivity contribution in [1.29, 1.82) is 0 Å². The highest BCUT2D eigenvalue weighted by Crippen LogP contribution is 2.28. The topological polar surface area (TPSA) is 6.48 Å². The van der Waals surface area contributed by atoms with Crippen molar-refractivity contribution in [2.45, 2.75) is 33.1 Å². The molecule has 0 radical (unpaired) electrons. The third-order valence-corrected chi connectivity index (χ3v) is 4.42. The van der Waals surface area contributed by atoms with Gasteiger partial charge in [-0.3, -0.25) is 0 Å². The molecule has 1 aromatic carbocycles. The van der Waals surface area contributed by atoms with E-state index in [1.807, 2.05) is 0 Å². The van der Waals surface area contributed by atoms with E-state index in [4.69, 9.17) is 24.4 Å². The minimum atomic E-state index is 0.883. The summed E-state index contributed by atoms with van der Waals surface area (Å²) in [5.74, 6) is 0. The first kappa shape index (κ1) is 15.7. The number of rotatable bonds is 8. The molecule has 0 aromatic heterocycles. The lowest BCUT2D eigenvalue weighted by atomic mass is 10.1. The van der Waals surface area contributed by atoms with Crippen molar-refractivity contribution in [3.63, 3.8) is 0 Å². The highest BCUT2D eigenvalue weighted by molar-refractivity contribution is 7.74. The van der Waals surface area contributed by atoms with E-state index in [1.54, 1.807) is 0 Å². The molecule has 0 atom stereocenters. The molecule has 0 saturated carbocycles. The number of hydrogen-bond donors (Lipinski definition) is 0. The van der Waals surface area contributed by atoms with Gasteiger partial charge in [-0.15, -0.1) is 0 Å². The van der Waals surface area contributed by atoms with E-state index in [-0.39, 0.29) is 0 Å². The Morgan fingerprint density at radius 3 is 2.11 bits per heavy atom. The van der Waals surface area contributed by atoms with Gasteiger partial charge in [0.2, 0.25) is 0 Å². The van der Waals surface area contributed by atoms with E-state index in [2.05, 4.69) is 37.7 Å². The summed E-state index contributed by atoms with van der Waals surface area (Å²) in [6, 6.07) is 0. The van der Waals surface area contributed by atoms with Crippen molar-refractivity contribution < 1.29 is 0 Å². The molecule has 0 N–H and O–H groups in total. The van der Waals surface area contributed by atoms with Crippen LogP contribution in [0.25, 0.3) is 0 Å². The summed E-state index contributed by atoms with van der Waals surface area (Å²) in [7, 11) is 4.31. The van der Waals surface area contributed by atoms with Crippen molar-refractivity contribution in [3.8, 4) is 0 Å². The van der Waals surface area contributed by atoms with Crippen molar-refractivity contribution in [2.24, 2.45) is 0 Å². The Hall–Kier alpha value is -0.320. The van der Waals surface area contributed by atoms with Gasteiger partial charge < -0.3 is 9.80 Å². The van der Waals surface area contributed by atoms with Crippen molar-refractivity contribution in [3.05, 3.63) is 14.6 Å². The molecule has 4 heteroatoms. The first-order valence-electron chi connectivity index (χ1n) is 6.68. The Morgan fingerprint density at radius 2 is 1.56 bits per heavy atom. The normalized spacial score (nSPS) is 11.4. The van der Waals surface area contributed by atoms with Gasteiger partial charge in [-0.05, 0) is 51.9 Å². The van der Waals surface area contributed by atoms with E-state index in [1.165, 1.54) is 43.6 Å². The molecule has 0 amide bonds. The van der Waals surface area contributed by atoms with Crippen LogP contribution in [0.1, 0.15) is 31.7 Å². The molecular weight excluding hydrogens is 260 g/mol. The molecule has 2 nitrogen and oxygen atoms in total. The van der Waals surface area contributed by atoms with E-state index in [9.17, 15) is 0 Å². The standard InChI is InChI=1S/C14H24N2S2/c1-5-8-15(3)9-6-7-10-16(4)12-11(2)13(17)14(12)18/h5-10H2,1-4H3. The van der Waals surface area contributed by atoms with Gasteiger partial charge in [-0.25, -0.2) is 0 Å². The highest BCUT2D eigenvalue weighted by Gasteiger charge is 2.13. The second kappa shape index (κ2) is 7.31. The van der Waals surface area contributed by atoms with E-state index in [0.717, 1.165) is 15.6 Å². The highest BCUT2D eigenvalue weighted by atomic mass is 32.1. The summed E-state index contributed by atoms with van der Waals surface area (Å²) in [5, 5.41) is 0. The Kier molecular flexibility index (Phi) is 6.39. The molecule has 0 fully saturated rings. The number of nitrogens with zero attached hydrogens (tertiary/aromatic N) is 2. The Labute approximate surface area is 121 Å². The zero-order valence-electron chi connectivity index (χ0n) is 12.0. The molecule has 0 aliphatic heterocycles. The van der Waals surface area contributed by atoms with Gasteiger partial charge in [0, 0.05) is 13.6 Å². The van der Waals surface area contributed by atoms with Crippen LogP contribution >= 0.6 is 24.4 Å². The van der Waals surface area contributed by atoms with Gasteiger partial charge in [0.25, 0.3) is 0 Å². The molecule has 0 heterocycles. The number of hydrogen-bond acceptors (Lipinski definition) is 4. The second-order valence-corrected chi connectivity index (χ2v) is 5.88. The smallest absolute Gasteiger partial charge is 0.0797 e. The maximum Gasteiger partial charge on any atom is 0.0797 e. The van der Waals surface area contributed by atoms with Crippen molar-refractivity contribution in [2.75, 3.05) is 38.6 Å². The average Bonchev–Trinajstić information content (AvgIpc) is 2.35. The molecule has 102 valence electrons. The summed E-state index contributed by atoms with van der Waals surface area (Å²) in [4.78, 5) is 4.65. The molecule has 0 aliphatic carbocycles. The fourth-order valence-electron chi connectivity index (χ4n) is 2.29. The lowest BCUT2D eigenvalue weighted by molar-refractivity contribution is 0.327. The van der Waals surface area contributed by atoms with E-state index >= 15 is 0 Å². The van der Waals surface area contributed by atoms with Gasteiger partial charge in [-0.1, -0.05) is 31.4 Å². The zero-order valence-corrected chi connectivity index (χ0v) is 13.6. The monoisotopic (exact) mass is 284 g/mol. The summed E-state index contributed by atoms with van der Waals surface area (Å²) >= 11 is 10.5. The van der Waals surface area contributed by atoms with E-state index < -0.39 is 0 Å². The predicted octanol–water partition coefficient (Wildman–Crippen LogP) is 3.89. The van der Waals surface area contributed by atoms with Crippen LogP contribution in [0.4, 0.5) is 5.69 Å². The predicted molar refractivity (Wildman–Crippen MR) is 85.5 cm³/mol. The Morgan fingerprint density at radius 1 is 0.944 bits per heavy atom. The summed E-state index contributed by atoms with van der Waals surface area (Å²) in [6.07, 6.45) is 3.68. The third kappa shape index (κ3) is 3.84. The summed E-state index contributed by atoms with van der Waals surface area (Å²) < 4.78 is 1.77. The van der Waals surface area contributed by atoms with Crippen LogP contribution in [0.15, 0.2) is 0 Å². The molecule has 0 saturated heterocycles. The van der Waals surface area contributed by atoms with Gasteiger partial charge in [-0.2, -0.15) is 0 Å². The number of anilines is 1. The zero-order chi connectivity index (χ0) is 13.7. The van der Waals surface area contributed by atoms with Crippen LogP contribution < -0.4 is 4.90 Å². The van der Waals surface area contributed by atoms with E-state index in [0.29, 0.717) is 0 Å². The second-order valence-electron chi connectivity index (χ2n) is 5.06. The molecule has 1 rings (SSSR count). The summed E-state index contributed by atoms with van der Waals surface area (Å²) in [5.41, 5.74) is 2.39. The molecule has 0 bridgehead atoms. The quantitative estimate of drug-likeness (QED) is 0.527. The molecule has 1 aromatic rings. The minimum absolute atomic E-state index is 0.883. The third-order valence-electron chi connectivity index (χ3n) is 3.39. The Balaban J connectivity index is 2.29. The van der Waals surface area contributed by atoms with Crippen LogP contribution in [0.3, 0.4) is 0 Å². The first-order chi connectivity index (χ1) is 8.49. The molecule has 0 unspecified atom stereocenters. The largest absolute Gasteiger partial charge is 0.373 e. The molecule has 0 spiro atoms. The van der Waals surface area contributed by atoms with Crippen LogP contribution in [-0.2, 0) is 0 Å². The van der Waals surface area contributed by atoms with Crippen LogP contribution in [0.5, 0.6) is 0 Å². The maximum absolute atomic E-state index is 5.29. The molecular formula is C14H24N2S2. The van der Waals surface area contributed by atoms with Gasteiger partial charge in [0.1, 0.15) is 0 Å². The van der Waals surface area contributed by atoms with Crippen LogP contribution in [0, 0.1) is 15.9 Å². The van der Waals surface area contributed by atoms with Crippen molar-refractivity contribution >= 4 is 30.1 Å². The van der Waals surface area contributed by atoms with Crippen LogP contribution in [-0.4, -0.2) is 38.6 Å². The fourth-order valence-corrected chi connectivity index (χ4v) is 2.94. The Bertz CT molecular complexity index is 447. The van der Waals surface area contributed by atoms with Gasteiger partial charge in [0.05, 0.1) is 14.7 Å². The van der Waals surface area contributed by atoms with Gasteiger partial charge >= 0.3 is 0 Å². The van der Waals surface area contributed by atoms with Gasteiger partial charge in [0.15, 0.2) is 0 Å². The lowest BCUT2D eigenvalue weighted by Gasteiger charge is -2.24. The SMILES string of the molecule is CCCN(C)CCCCN(C)c1c(C)c(=S)c1=S. The minimum Gasteiger partial charge on any atom is -0.373 e. The van der Waals surface area contributed by atoms with Crippen molar-refractivity contribution in [1.82, 2.24) is 4.90 Å².